The van der Waals surface area contributed by atoms with E-state index in [-0.39, 0.29) is 5.84 Å². The maximum absolute atomic E-state index is 8.86. The van der Waals surface area contributed by atoms with Gasteiger partial charge in [-0.15, -0.1) is 0 Å². The van der Waals surface area contributed by atoms with Crippen molar-refractivity contribution in [2.24, 2.45) is 10.9 Å². The van der Waals surface area contributed by atoms with Gasteiger partial charge in [0.25, 0.3) is 0 Å². The van der Waals surface area contributed by atoms with Gasteiger partial charge >= 0.3 is 0 Å². The van der Waals surface area contributed by atoms with Crippen molar-refractivity contribution in [3.05, 3.63) is 29.6 Å². The Morgan fingerprint density at radius 2 is 2.24 bits per heavy atom. The Hall–Kier alpha value is -1.66. The van der Waals surface area contributed by atoms with Crippen molar-refractivity contribution in [1.29, 1.82) is 0 Å². The Kier molecular flexibility index (Phi) is 5.52. The van der Waals surface area contributed by atoms with Crippen LogP contribution >= 0.6 is 0 Å². The standard InChI is InChI=1S/C15H25N5O/c1-3-20-9-6-13(7-10-20)19(2)11-12-5-4-8-17-14(12)15(16)18-21/h4-5,8,13,21H,3,6-7,9-11H2,1-2H3,(H2,16,18). The summed E-state index contributed by atoms with van der Waals surface area (Å²) >= 11 is 0. The van der Waals surface area contributed by atoms with Crippen molar-refractivity contribution in [2.75, 3.05) is 26.7 Å². The number of oxime groups is 1. The summed E-state index contributed by atoms with van der Waals surface area (Å²) in [5.41, 5.74) is 7.26. The molecule has 0 unspecified atom stereocenters. The Labute approximate surface area is 126 Å². The highest BCUT2D eigenvalue weighted by molar-refractivity contribution is 5.96. The van der Waals surface area contributed by atoms with Crippen LogP contribution in [0, 0.1) is 0 Å². The average Bonchev–Trinajstić information content (AvgIpc) is 2.54. The number of hydrogen-bond donors (Lipinski definition) is 2. The molecule has 1 aromatic rings. The molecular weight excluding hydrogens is 266 g/mol. The van der Waals surface area contributed by atoms with Crippen molar-refractivity contribution in [2.45, 2.75) is 32.4 Å². The number of hydrogen-bond acceptors (Lipinski definition) is 5. The third-order valence-corrected chi connectivity index (χ3v) is 4.29. The van der Waals surface area contributed by atoms with E-state index in [0.717, 1.165) is 31.7 Å². The molecule has 2 heterocycles. The second-order valence-corrected chi connectivity index (χ2v) is 5.58. The van der Waals surface area contributed by atoms with E-state index in [1.807, 2.05) is 12.1 Å². The van der Waals surface area contributed by atoms with E-state index in [4.69, 9.17) is 10.9 Å². The van der Waals surface area contributed by atoms with E-state index in [1.54, 1.807) is 6.20 Å². The highest BCUT2D eigenvalue weighted by Gasteiger charge is 2.22. The third kappa shape index (κ3) is 3.92. The van der Waals surface area contributed by atoms with Crippen molar-refractivity contribution >= 4 is 5.84 Å². The van der Waals surface area contributed by atoms with E-state index in [1.165, 1.54) is 12.8 Å². The molecule has 6 nitrogen and oxygen atoms in total. The molecule has 0 atom stereocenters. The third-order valence-electron chi connectivity index (χ3n) is 4.29. The van der Waals surface area contributed by atoms with Gasteiger partial charge in [-0.05, 0) is 51.2 Å². The maximum Gasteiger partial charge on any atom is 0.189 e. The zero-order valence-corrected chi connectivity index (χ0v) is 12.9. The number of nitrogens with two attached hydrogens (primary N) is 1. The quantitative estimate of drug-likeness (QED) is 0.367. The van der Waals surface area contributed by atoms with Gasteiger partial charge in [0.05, 0.1) is 0 Å². The van der Waals surface area contributed by atoms with Gasteiger partial charge in [0, 0.05) is 18.8 Å². The summed E-state index contributed by atoms with van der Waals surface area (Å²) in [5, 5.41) is 11.9. The molecule has 6 heteroatoms. The monoisotopic (exact) mass is 291 g/mol. The predicted octanol–water partition coefficient (Wildman–Crippen LogP) is 1.09. The largest absolute Gasteiger partial charge is 0.409 e. The van der Waals surface area contributed by atoms with Crippen molar-refractivity contribution < 1.29 is 5.21 Å². The molecule has 1 aliphatic rings. The van der Waals surface area contributed by atoms with Gasteiger partial charge in [0.2, 0.25) is 0 Å². The van der Waals surface area contributed by atoms with Crippen LogP contribution in [0.25, 0.3) is 0 Å². The second-order valence-electron chi connectivity index (χ2n) is 5.58. The second kappa shape index (κ2) is 7.38. The summed E-state index contributed by atoms with van der Waals surface area (Å²) < 4.78 is 0. The molecule has 0 saturated carbocycles. The Morgan fingerprint density at radius 1 is 1.52 bits per heavy atom. The first-order valence-electron chi connectivity index (χ1n) is 7.50. The molecule has 0 bridgehead atoms. The smallest absolute Gasteiger partial charge is 0.189 e. The first kappa shape index (κ1) is 15.7. The molecule has 2 rings (SSSR count). The number of nitrogens with zero attached hydrogens (tertiary/aromatic N) is 4. The predicted molar refractivity (Wildman–Crippen MR) is 83.4 cm³/mol. The van der Waals surface area contributed by atoms with Crippen molar-refractivity contribution in [1.82, 2.24) is 14.8 Å². The summed E-state index contributed by atoms with van der Waals surface area (Å²) in [5.74, 6) is 0.0693. The fourth-order valence-electron chi connectivity index (χ4n) is 2.92. The minimum absolute atomic E-state index is 0.0693. The normalized spacial score (nSPS) is 18.3. The number of amidine groups is 1. The fraction of sp³-hybridized carbons (Fsp3) is 0.600. The number of rotatable bonds is 5. The zero-order chi connectivity index (χ0) is 15.2. The minimum Gasteiger partial charge on any atom is -0.409 e. The van der Waals surface area contributed by atoms with E-state index in [2.05, 4.69) is 33.9 Å². The molecule has 0 amide bonds. The number of likely N-dealkylation sites (tertiary alicyclic amines) is 1. The molecule has 1 aromatic heterocycles. The van der Waals surface area contributed by atoms with Crippen LogP contribution in [-0.2, 0) is 6.54 Å². The minimum atomic E-state index is 0.0693. The lowest BCUT2D eigenvalue weighted by molar-refractivity contribution is 0.127. The van der Waals surface area contributed by atoms with Gasteiger partial charge < -0.3 is 15.8 Å². The summed E-state index contributed by atoms with van der Waals surface area (Å²) in [6, 6.07) is 4.45. The van der Waals surface area contributed by atoms with Crippen LogP contribution in [0.3, 0.4) is 0 Å². The van der Waals surface area contributed by atoms with E-state index in [9.17, 15) is 0 Å². The highest BCUT2D eigenvalue weighted by Crippen LogP contribution is 2.18. The van der Waals surface area contributed by atoms with Crippen molar-refractivity contribution in [3.8, 4) is 0 Å². The molecule has 0 aliphatic carbocycles. The summed E-state index contributed by atoms with van der Waals surface area (Å²) in [7, 11) is 2.13. The number of aromatic nitrogens is 1. The van der Waals surface area contributed by atoms with Gasteiger partial charge in [-0.3, -0.25) is 9.88 Å². The Balaban J connectivity index is 2.02. The summed E-state index contributed by atoms with van der Waals surface area (Å²) in [6.45, 7) is 6.42. The lowest BCUT2D eigenvalue weighted by Crippen LogP contribution is -2.43. The van der Waals surface area contributed by atoms with Crippen LogP contribution in [-0.4, -0.2) is 58.6 Å². The fourth-order valence-corrected chi connectivity index (χ4v) is 2.92. The molecule has 1 saturated heterocycles. The average molecular weight is 291 g/mol. The van der Waals surface area contributed by atoms with Gasteiger partial charge in [0.1, 0.15) is 5.69 Å². The van der Waals surface area contributed by atoms with Crippen LogP contribution in [0.15, 0.2) is 23.5 Å². The van der Waals surface area contributed by atoms with Crippen LogP contribution in [0.5, 0.6) is 0 Å². The number of piperidine rings is 1. The summed E-state index contributed by atoms with van der Waals surface area (Å²) in [4.78, 5) is 9.05. The highest BCUT2D eigenvalue weighted by atomic mass is 16.4. The van der Waals surface area contributed by atoms with E-state index in [0.29, 0.717) is 11.7 Å². The zero-order valence-electron chi connectivity index (χ0n) is 12.9. The van der Waals surface area contributed by atoms with Crippen LogP contribution < -0.4 is 5.73 Å². The van der Waals surface area contributed by atoms with Gasteiger partial charge in [-0.25, -0.2) is 0 Å². The first-order valence-corrected chi connectivity index (χ1v) is 7.50. The van der Waals surface area contributed by atoms with Gasteiger partial charge in [-0.2, -0.15) is 0 Å². The molecule has 21 heavy (non-hydrogen) atoms. The van der Waals surface area contributed by atoms with Crippen LogP contribution in [0.1, 0.15) is 31.0 Å². The van der Waals surface area contributed by atoms with Crippen LogP contribution in [0.4, 0.5) is 0 Å². The Morgan fingerprint density at radius 3 is 2.86 bits per heavy atom. The molecule has 116 valence electrons. The topological polar surface area (TPSA) is 78.0 Å². The SMILES string of the molecule is CCN1CCC(N(C)Cc2cccnc2C(N)=NO)CC1. The molecule has 1 fully saturated rings. The summed E-state index contributed by atoms with van der Waals surface area (Å²) in [6.07, 6.45) is 4.03. The van der Waals surface area contributed by atoms with E-state index < -0.39 is 0 Å². The Bertz CT molecular complexity index is 483. The molecular formula is C15H25N5O. The lowest BCUT2D eigenvalue weighted by Gasteiger charge is -2.36. The maximum atomic E-state index is 8.86. The molecule has 0 aromatic carbocycles. The number of pyridine rings is 1. The van der Waals surface area contributed by atoms with Gasteiger partial charge in [0.15, 0.2) is 5.84 Å². The molecule has 0 spiro atoms. The first-order chi connectivity index (χ1) is 10.2. The lowest BCUT2D eigenvalue weighted by atomic mass is 10.0. The molecule has 1 aliphatic heterocycles. The van der Waals surface area contributed by atoms with Gasteiger partial charge in [-0.1, -0.05) is 18.1 Å². The molecule has 3 N–H and O–H groups in total. The molecule has 0 radical (unpaired) electrons. The van der Waals surface area contributed by atoms with Crippen LogP contribution in [0.2, 0.25) is 0 Å². The van der Waals surface area contributed by atoms with Crippen molar-refractivity contribution in [3.63, 3.8) is 0 Å². The van der Waals surface area contributed by atoms with E-state index >= 15 is 0 Å².